The number of hydrogen-bond donors (Lipinski definition) is 3. The number of fused-ring (bicyclic) bond motifs is 1. The summed E-state index contributed by atoms with van der Waals surface area (Å²) in [5.74, 6) is -1.80. The van der Waals surface area contributed by atoms with E-state index in [-0.39, 0.29) is 0 Å². The van der Waals surface area contributed by atoms with Crippen LogP contribution in [-0.2, 0) is 11.8 Å². The van der Waals surface area contributed by atoms with Crippen LogP contribution in [0, 0.1) is 0 Å². The molecule has 0 fully saturated rings. The molecule has 2 aromatic rings. The molecule has 22 heavy (non-hydrogen) atoms. The lowest BCUT2D eigenvalue weighted by atomic mass is 10.1. The second-order valence-corrected chi connectivity index (χ2v) is 4.92. The summed E-state index contributed by atoms with van der Waals surface area (Å²) in [6.45, 7) is 0.620. The number of aromatic nitrogens is 1. The second-order valence-electron chi connectivity index (χ2n) is 4.92. The summed E-state index contributed by atoms with van der Waals surface area (Å²) in [6.07, 6.45) is 0. The summed E-state index contributed by atoms with van der Waals surface area (Å²) in [7, 11) is 1.48. The number of ketones is 1. The van der Waals surface area contributed by atoms with E-state index in [2.05, 4.69) is 5.32 Å². The lowest BCUT2D eigenvalue weighted by Crippen LogP contribution is -2.44. The molecule has 1 heterocycles. The Kier molecular flexibility index (Phi) is 4.27. The van der Waals surface area contributed by atoms with Gasteiger partial charge in [0.2, 0.25) is 0 Å². The van der Waals surface area contributed by atoms with Crippen LogP contribution in [-0.4, -0.2) is 39.1 Å². The third kappa shape index (κ3) is 2.58. The van der Waals surface area contributed by atoms with Crippen LogP contribution < -0.4 is 10.9 Å². The molecule has 1 aromatic heterocycles. The van der Waals surface area contributed by atoms with Gasteiger partial charge in [-0.2, -0.15) is 0 Å². The number of nitrogens with zero attached hydrogens (tertiary/aromatic N) is 1. The number of Topliss-reactive ketones (excluding diaryl/α,β-unsaturated/α-hetero) is 1. The Hall–Kier alpha value is -2.67. The zero-order valence-electron chi connectivity index (χ0n) is 12.2. The number of rotatable bonds is 4. The fraction of sp³-hybridized carbons (Fsp3) is 0.267. The van der Waals surface area contributed by atoms with Gasteiger partial charge in [-0.15, -0.1) is 0 Å². The molecule has 0 aliphatic rings. The van der Waals surface area contributed by atoms with Gasteiger partial charge in [0.1, 0.15) is 17.4 Å². The van der Waals surface area contributed by atoms with E-state index in [0.717, 1.165) is 0 Å². The van der Waals surface area contributed by atoms with Crippen LogP contribution in [0.2, 0.25) is 0 Å². The van der Waals surface area contributed by atoms with Gasteiger partial charge in [-0.1, -0.05) is 12.1 Å². The van der Waals surface area contributed by atoms with Crippen molar-refractivity contribution >= 4 is 22.6 Å². The van der Waals surface area contributed by atoms with Crippen LogP contribution in [0.1, 0.15) is 17.3 Å². The van der Waals surface area contributed by atoms with Gasteiger partial charge >= 0.3 is 0 Å². The van der Waals surface area contributed by atoms with Crippen LogP contribution in [0.4, 0.5) is 0 Å². The third-order valence-corrected chi connectivity index (χ3v) is 3.48. The molecule has 0 aliphatic heterocycles. The smallest absolute Gasteiger partial charge is 0.267 e. The highest BCUT2D eigenvalue weighted by atomic mass is 16.3. The SMILES string of the molecule is CC(=O)[C@H](CO)NC(=O)c1c(O)c2ccccc2n(C)c1=O. The number of hydrogen-bond acceptors (Lipinski definition) is 5. The Morgan fingerprint density at radius 1 is 1.32 bits per heavy atom. The van der Waals surface area contributed by atoms with Crippen molar-refractivity contribution in [3.05, 3.63) is 40.2 Å². The number of aliphatic hydroxyl groups is 1. The summed E-state index contributed by atoms with van der Waals surface area (Å²) < 4.78 is 1.24. The van der Waals surface area contributed by atoms with E-state index >= 15 is 0 Å². The minimum absolute atomic E-state index is 0.345. The van der Waals surface area contributed by atoms with E-state index in [0.29, 0.717) is 10.9 Å². The van der Waals surface area contributed by atoms with Gasteiger partial charge in [-0.3, -0.25) is 14.4 Å². The molecule has 0 bridgehead atoms. The van der Waals surface area contributed by atoms with E-state index in [4.69, 9.17) is 5.11 Å². The number of aliphatic hydroxyl groups excluding tert-OH is 1. The molecule has 0 aliphatic carbocycles. The zero-order valence-corrected chi connectivity index (χ0v) is 12.2. The Balaban J connectivity index is 2.58. The van der Waals surface area contributed by atoms with Crippen molar-refractivity contribution in [3.8, 4) is 5.75 Å². The molecular weight excluding hydrogens is 288 g/mol. The number of carbonyl (C=O) groups excluding carboxylic acids is 2. The van der Waals surface area contributed by atoms with Gasteiger partial charge in [-0.05, 0) is 19.1 Å². The minimum Gasteiger partial charge on any atom is -0.506 e. The van der Waals surface area contributed by atoms with Crippen LogP contribution in [0.15, 0.2) is 29.1 Å². The largest absolute Gasteiger partial charge is 0.506 e. The Labute approximate surface area is 125 Å². The summed E-state index contributed by atoms with van der Waals surface area (Å²) in [6, 6.07) is 5.47. The third-order valence-electron chi connectivity index (χ3n) is 3.48. The molecule has 0 saturated heterocycles. The molecule has 7 heteroatoms. The van der Waals surface area contributed by atoms with Crippen molar-refractivity contribution in [2.45, 2.75) is 13.0 Å². The van der Waals surface area contributed by atoms with Crippen molar-refractivity contribution in [2.24, 2.45) is 7.05 Å². The van der Waals surface area contributed by atoms with Crippen molar-refractivity contribution in [2.75, 3.05) is 6.61 Å². The van der Waals surface area contributed by atoms with Crippen molar-refractivity contribution in [1.29, 1.82) is 0 Å². The fourth-order valence-corrected chi connectivity index (χ4v) is 2.19. The maximum atomic E-state index is 12.3. The van der Waals surface area contributed by atoms with E-state index < -0.39 is 41.2 Å². The monoisotopic (exact) mass is 304 g/mol. The predicted molar refractivity (Wildman–Crippen MR) is 79.9 cm³/mol. The fourth-order valence-electron chi connectivity index (χ4n) is 2.19. The van der Waals surface area contributed by atoms with Crippen LogP contribution in [0.25, 0.3) is 10.9 Å². The Bertz CT molecular complexity index is 809. The van der Waals surface area contributed by atoms with E-state index in [1.807, 2.05) is 0 Å². The highest BCUT2D eigenvalue weighted by molar-refractivity contribution is 6.03. The van der Waals surface area contributed by atoms with E-state index in [1.165, 1.54) is 18.5 Å². The molecule has 116 valence electrons. The van der Waals surface area contributed by atoms with Gasteiger partial charge in [0, 0.05) is 12.4 Å². The predicted octanol–water partition coefficient (Wildman–Crippen LogP) is -0.0762. The topological polar surface area (TPSA) is 109 Å². The number of pyridine rings is 1. The zero-order chi connectivity index (χ0) is 16.4. The molecule has 0 spiro atoms. The maximum Gasteiger partial charge on any atom is 0.267 e. The average molecular weight is 304 g/mol. The van der Waals surface area contributed by atoms with E-state index in [9.17, 15) is 19.5 Å². The summed E-state index contributed by atoms with van der Waals surface area (Å²) in [4.78, 5) is 35.8. The standard InChI is InChI=1S/C15H16N2O5/c1-8(19)10(7-18)16-14(21)12-13(20)9-5-3-4-6-11(9)17(2)15(12)22/h3-6,10,18,20H,7H2,1-2H3,(H,16,21)/t10-/m0/s1. The first-order valence-electron chi connectivity index (χ1n) is 6.61. The molecule has 0 unspecified atom stereocenters. The Morgan fingerprint density at radius 2 is 1.95 bits per heavy atom. The number of nitrogens with one attached hydrogen (secondary N) is 1. The van der Waals surface area contributed by atoms with Crippen molar-refractivity contribution in [3.63, 3.8) is 0 Å². The van der Waals surface area contributed by atoms with Crippen molar-refractivity contribution < 1.29 is 19.8 Å². The molecule has 7 nitrogen and oxygen atoms in total. The Morgan fingerprint density at radius 3 is 2.55 bits per heavy atom. The van der Waals surface area contributed by atoms with Crippen LogP contribution in [0.3, 0.4) is 0 Å². The number of aromatic hydroxyl groups is 1. The highest BCUT2D eigenvalue weighted by Crippen LogP contribution is 2.25. The molecule has 0 saturated carbocycles. The van der Waals surface area contributed by atoms with Gasteiger partial charge in [-0.25, -0.2) is 0 Å². The number of aryl methyl sites for hydroxylation is 1. The molecule has 0 radical (unpaired) electrons. The quantitative estimate of drug-likeness (QED) is 0.732. The average Bonchev–Trinajstić information content (AvgIpc) is 2.50. The van der Waals surface area contributed by atoms with Gasteiger partial charge in [0.25, 0.3) is 11.5 Å². The normalized spacial score (nSPS) is 12.1. The number of para-hydroxylation sites is 1. The number of carbonyl (C=O) groups is 2. The molecule has 1 amide bonds. The van der Waals surface area contributed by atoms with Crippen LogP contribution >= 0.6 is 0 Å². The first-order chi connectivity index (χ1) is 10.4. The second kappa shape index (κ2) is 5.98. The summed E-state index contributed by atoms with van der Waals surface area (Å²) >= 11 is 0. The lowest BCUT2D eigenvalue weighted by molar-refractivity contribution is -0.119. The summed E-state index contributed by atoms with van der Waals surface area (Å²) in [5, 5.41) is 21.9. The van der Waals surface area contributed by atoms with Gasteiger partial charge in [0.15, 0.2) is 5.78 Å². The molecular formula is C15H16N2O5. The van der Waals surface area contributed by atoms with Gasteiger partial charge in [0.05, 0.1) is 12.1 Å². The minimum atomic E-state index is -1.12. The first kappa shape index (κ1) is 15.7. The molecule has 3 N–H and O–H groups in total. The molecule has 1 atom stereocenters. The van der Waals surface area contributed by atoms with Crippen LogP contribution in [0.5, 0.6) is 5.75 Å². The number of amides is 1. The molecule has 1 aromatic carbocycles. The highest BCUT2D eigenvalue weighted by Gasteiger charge is 2.24. The summed E-state index contributed by atoms with van der Waals surface area (Å²) in [5.41, 5.74) is -0.665. The number of benzene rings is 1. The molecule has 2 rings (SSSR count). The first-order valence-corrected chi connectivity index (χ1v) is 6.61. The maximum absolute atomic E-state index is 12.3. The lowest BCUT2D eigenvalue weighted by Gasteiger charge is -2.15. The van der Waals surface area contributed by atoms with E-state index in [1.54, 1.807) is 24.3 Å². The van der Waals surface area contributed by atoms with Crippen molar-refractivity contribution in [1.82, 2.24) is 9.88 Å². The van der Waals surface area contributed by atoms with Gasteiger partial charge < -0.3 is 20.1 Å².